The lowest BCUT2D eigenvalue weighted by atomic mass is 10.2. The number of halogens is 2. The molecule has 0 aromatic heterocycles. The molecule has 0 radical (unpaired) electrons. The zero-order chi connectivity index (χ0) is 14.6. The second kappa shape index (κ2) is 6.65. The maximum absolute atomic E-state index is 13.9. The first-order valence-corrected chi connectivity index (χ1v) is 6.61. The van der Waals surface area contributed by atoms with Crippen LogP contribution in [0.4, 0.5) is 4.39 Å². The molecule has 2 amide bonds. The van der Waals surface area contributed by atoms with Gasteiger partial charge in [-0.1, -0.05) is 6.07 Å². The second-order valence-corrected chi connectivity index (χ2v) is 5.06. The van der Waals surface area contributed by atoms with Gasteiger partial charge in [-0.3, -0.25) is 9.59 Å². The zero-order valence-electron chi connectivity index (χ0n) is 11.1. The van der Waals surface area contributed by atoms with Crippen LogP contribution in [0.1, 0.15) is 17.3 Å². The predicted octanol–water partition coefficient (Wildman–Crippen LogP) is 2.14. The molecule has 0 fully saturated rings. The van der Waals surface area contributed by atoms with Crippen LogP contribution in [0, 0.1) is 5.82 Å². The largest absolute Gasteiger partial charge is 0.347 e. The average molecular weight is 331 g/mol. The van der Waals surface area contributed by atoms with E-state index in [1.54, 1.807) is 27.1 Å². The van der Waals surface area contributed by atoms with Gasteiger partial charge in [0.25, 0.3) is 5.91 Å². The maximum atomic E-state index is 13.9. The first-order valence-electron chi connectivity index (χ1n) is 5.81. The smallest absolute Gasteiger partial charge is 0.257 e. The lowest BCUT2D eigenvalue weighted by Crippen LogP contribution is -2.40. The molecule has 0 saturated heterocycles. The van der Waals surface area contributed by atoms with Crippen LogP contribution >= 0.6 is 15.9 Å². The van der Waals surface area contributed by atoms with Gasteiger partial charge in [0.15, 0.2) is 0 Å². The third kappa shape index (κ3) is 3.76. The fourth-order valence-electron chi connectivity index (χ4n) is 1.47. The Morgan fingerprint density at radius 1 is 1.32 bits per heavy atom. The summed E-state index contributed by atoms with van der Waals surface area (Å²) in [4.78, 5) is 26.5. The Balaban J connectivity index is 2.96. The molecule has 1 aromatic carbocycles. The molecule has 19 heavy (non-hydrogen) atoms. The van der Waals surface area contributed by atoms with E-state index in [0.29, 0.717) is 6.54 Å². The second-order valence-electron chi connectivity index (χ2n) is 4.21. The third-order valence-electron chi connectivity index (χ3n) is 2.68. The number of carbonyl (C=O) groups is 2. The molecule has 0 heterocycles. The normalized spacial score (nSPS) is 10.2. The van der Waals surface area contributed by atoms with E-state index in [0.717, 1.165) is 0 Å². The molecule has 1 aromatic rings. The van der Waals surface area contributed by atoms with E-state index < -0.39 is 11.7 Å². The van der Waals surface area contributed by atoms with Gasteiger partial charge in [0.2, 0.25) is 5.91 Å². The maximum Gasteiger partial charge on any atom is 0.257 e. The lowest BCUT2D eigenvalue weighted by Gasteiger charge is -2.22. The van der Waals surface area contributed by atoms with E-state index in [-0.39, 0.29) is 22.5 Å². The van der Waals surface area contributed by atoms with Crippen molar-refractivity contribution in [3.8, 4) is 0 Å². The molecule has 0 saturated carbocycles. The average Bonchev–Trinajstić information content (AvgIpc) is 2.38. The van der Waals surface area contributed by atoms with Crippen LogP contribution in [0.2, 0.25) is 0 Å². The Kier molecular flexibility index (Phi) is 5.47. The number of hydrogen-bond acceptors (Lipinski definition) is 2. The van der Waals surface area contributed by atoms with Crippen molar-refractivity contribution >= 4 is 27.7 Å². The predicted molar refractivity (Wildman–Crippen MR) is 74.4 cm³/mol. The summed E-state index contributed by atoms with van der Waals surface area (Å²) in [7, 11) is 3.22. The summed E-state index contributed by atoms with van der Waals surface area (Å²) in [5.74, 6) is -1.30. The van der Waals surface area contributed by atoms with Gasteiger partial charge >= 0.3 is 0 Å². The van der Waals surface area contributed by atoms with Crippen LogP contribution in [-0.2, 0) is 4.79 Å². The van der Waals surface area contributed by atoms with E-state index in [9.17, 15) is 14.0 Å². The monoisotopic (exact) mass is 330 g/mol. The fourth-order valence-corrected chi connectivity index (χ4v) is 1.84. The number of carbonyl (C=O) groups excluding carboxylic acids is 2. The first-order chi connectivity index (χ1) is 8.88. The summed E-state index contributed by atoms with van der Waals surface area (Å²) >= 11 is 3.04. The lowest BCUT2D eigenvalue weighted by molar-refractivity contribution is -0.129. The van der Waals surface area contributed by atoms with Crippen LogP contribution in [0.25, 0.3) is 0 Å². The summed E-state index contributed by atoms with van der Waals surface area (Å²) in [6.07, 6.45) is 0. The quantitative estimate of drug-likeness (QED) is 0.848. The number of hydrogen-bond donors (Lipinski definition) is 0. The van der Waals surface area contributed by atoms with Crippen molar-refractivity contribution in [3.63, 3.8) is 0 Å². The van der Waals surface area contributed by atoms with Crippen LogP contribution in [-0.4, -0.2) is 48.8 Å². The molecule has 4 nitrogen and oxygen atoms in total. The number of benzene rings is 1. The van der Waals surface area contributed by atoms with Crippen LogP contribution in [0.3, 0.4) is 0 Å². The van der Waals surface area contributed by atoms with Crippen LogP contribution in [0.15, 0.2) is 22.7 Å². The highest BCUT2D eigenvalue weighted by Crippen LogP contribution is 2.19. The van der Waals surface area contributed by atoms with Crippen LogP contribution < -0.4 is 0 Å². The summed E-state index contributed by atoms with van der Waals surface area (Å²) in [5.41, 5.74) is -0.0391. The van der Waals surface area contributed by atoms with Crippen molar-refractivity contribution in [1.82, 2.24) is 9.80 Å². The van der Waals surface area contributed by atoms with Crippen molar-refractivity contribution in [2.24, 2.45) is 0 Å². The molecule has 0 unspecified atom stereocenters. The number of rotatable bonds is 4. The third-order valence-corrected chi connectivity index (χ3v) is 3.29. The molecule has 104 valence electrons. The van der Waals surface area contributed by atoms with Gasteiger partial charge in [-0.2, -0.15) is 0 Å². The van der Waals surface area contributed by atoms with Crippen molar-refractivity contribution in [2.75, 3.05) is 27.2 Å². The topological polar surface area (TPSA) is 40.6 Å². The minimum Gasteiger partial charge on any atom is -0.347 e. The minimum atomic E-state index is -0.608. The van der Waals surface area contributed by atoms with E-state index in [4.69, 9.17) is 0 Å². The molecule has 0 atom stereocenters. The number of likely N-dealkylation sites (N-methyl/N-ethyl adjacent to an activating group) is 2. The van der Waals surface area contributed by atoms with Gasteiger partial charge in [-0.25, -0.2) is 4.39 Å². The molecule has 1 rings (SSSR count). The van der Waals surface area contributed by atoms with E-state index in [2.05, 4.69) is 15.9 Å². The molecule has 0 aliphatic heterocycles. The highest BCUT2D eigenvalue weighted by Gasteiger charge is 2.21. The van der Waals surface area contributed by atoms with Gasteiger partial charge in [-0.15, -0.1) is 0 Å². The first kappa shape index (κ1) is 15.6. The van der Waals surface area contributed by atoms with Gasteiger partial charge in [0.05, 0.1) is 16.6 Å². The van der Waals surface area contributed by atoms with Gasteiger partial charge in [0, 0.05) is 20.6 Å². The molecule has 0 aliphatic rings. The SMILES string of the molecule is CCN(CC(=O)N(C)C)C(=O)c1cccc(Br)c1F. The zero-order valence-corrected chi connectivity index (χ0v) is 12.7. The summed E-state index contributed by atoms with van der Waals surface area (Å²) in [6.45, 7) is 2.02. The van der Waals surface area contributed by atoms with E-state index in [1.807, 2.05) is 0 Å². The van der Waals surface area contributed by atoms with Crippen molar-refractivity contribution < 1.29 is 14.0 Å². The Morgan fingerprint density at radius 3 is 2.47 bits per heavy atom. The highest BCUT2D eigenvalue weighted by molar-refractivity contribution is 9.10. The molecule has 0 aliphatic carbocycles. The van der Waals surface area contributed by atoms with Gasteiger partial charge in [0.1, 0.15) is 5.82 Å². The van der Waals surface area contributed by atoms with Gasteiger partial charge in [-0.05, 0) is 35.0 Å². The summed E-state index contributed by atoms with van der Waals surface area (Å²) in [5, 5.41) is 0. The van der Waals surface area contributed by atoms with Crippen molar-refractivity contribution in [3.05, 3.63) is 34.1 Å². The molecule has 0 spiro atoms. The van der Waals surface area contributed by atoms with Crippen molar-refractivity contribution in [1.29, 1.82) is 0 Å². The van der Waals surface area contributed by atoms with Crippen LogP contribution in [0.5, 0.6) is 0 Å². The van der Waals surface area contributed by atoms with E-state index >= 15 is 0 Å². The molecular formula is C13H16BrFN2O2. The molecule has 0 N–H and O–H groups in total. The van der Waals surface area contributed by atoms with E-state index in [1.165, 1.54) is 21.9 Å². The molecular weight excluding hydrogens is 315 g/mol. The Bertz CT molecular complexity index is 492. The standard InChI is InChI=1S/C13H16BrFN2O2/c1-4-17(8-11(18)16(2)3)13(19)9-6-5-7-10(14)12(9)15/h5-7H,4,8H2,1-3H3. The Morgan fingerprint density at radius 2 is 1.95 bits per heavy atom. The van der Waals surface area contributed by atoms with Gasteiger partial charge < -0.3 is 9.80 Å². The number of amides is 2. The molecule has 6 heteroatoms. The minimum absolute atomic E-state index is 0.0391. The Hall–Kier alpha value is -1.43. The summed E-state index contributed by atoms with van der Waals surface area (Å²) < 4.78 is 14.1. The van der Waals surface area contributed by atoms with Crippen molar-refractivity contribution in [2.45, 2.75) is 6.92 Å². The number of nitrogens with zero attached hydrogens (tertiary/aromatic N) is 2. The Labute approximate surface area is 120 Å². The highest BCUT2D eigenvalue weighted by atomic mass is 79.9. The molecule has 0 bridgehead atoms. The fraction of sp³-hybridized carbons (Fsp3) is 0.385. The summed E-state index contributed by atoms with van der Waals surface area (Å²) in [6, 6.07) is 4.51.